The van der Waals surface area contributed by atoms with Crippen molar-refractivity contribution < 1.29 is 29.3 Å². The first kappa shape index (κ1) is 31.9. The smallest absolute Gasteiger partial charge is 0.310 e. The number of unbranched alkanes of at least 4 members (excludes halogenated alkanes) is 6. The van der Waals surface area contributed by atoms with E-state index in [1.807, 2.05) is 48.5 Å². The van der Waals surface area contributed by atoms with Gasteiger partial charge in [-0.2, -0.15) is 0 Å². The van der Waals surface area contributed by atoms with Crippen molar-refractivity contribution in [3.8, 4) is 11.5 Å². The van der Waals surface area contributed by atoms with Gasteiger partial charge in [0, 0.05) is 0 Å². The Morgan fingerprint density at radius 2 is 0.953 bits per heavy atom. The Kier molecular flexibility index (Phi) is 11.0. The second-order valence-electron chi connectivity index (χ2n) is 11.5. The summed E-state index contributed by atoms with van der Waals surface area (Å²) in [4.78, 5) is 23.6. The molecule has 6 heteroatoms. The molecule has 0 radical (unpaired) electrons. The topological polar surface area (TPSA) is 93.1 Å². The maximum Gasteiger partial charge on any atom is 0.310 e. The lowest BCUT2D eigenvalue weighted by Gasteiger charge is -2.17. The van der Waals surface area contributed by atoms with Crippen LogP contribution in [0.2, 0.25) is 0 Å². The number of carboxylic acids is 2. The molecule has 4 aromatic carbocycles. The van der Waals surface area contributed by atoms with Crippen LogP contribution < -0.4 is 9.47 Å². The molecule has 0 aliphatic rings. The molecule has 0 bridgehead atoms. The van der Waals surface area contributed by atoms with Crippen LogP contribution in [-0.4, -0.2) is 36.4 Å². The van der Waals surface area contributed by atoms with Crippen molar-refractivity contribution in [2.45, 2.75) is 83.5 Å². The van der Waals surface area contributed by atoms with Crippen LogP contribution >= 0.6 is 0 Å². The largest absolute Gasteiger partial charge is 0.497 e. The Labute approximate surface area is 254 Å². The van der Waals surface area contributed by atoms with E-state index in [1.54, 1.807) is 28.1 Å². The maximum absolute atomic E-state index is 11.8. The molecule has 0 unspecified atom stereocenters. The van der Waals surface area contributed by atoms with Crippen LogP contribution in [0.4, 0.5) is 0 Å². The minimum atomic E-state index is -0.804. The minimum Gasteiger partial charge on any atom is -0.497 e. The van der Waals surface area contributed by atoms with Crippen LogP contribution in [0.25, 0.3) is 21.5 Å². The molecular formula is C37H44O6. The van der Waals surface area contributed by atoms with Gasteiger partial charge in [0.2, 0.25) is 0 Å². The first-order valence-corrected chi connectivity index (χ1v) is 15.4. The van der Waals surface area contributed by atoms with E-state index in [2.05, 4.69) is 12.1 Å². The van der Waals surface area contributed by atoms with Gasteiger partial charge in [0.05, 0.1) is 26.1 Å². The Morgan fingerprint density at radius 3 is 1.30 bits per heavy atom. The zero-order valence-electron chi connectivity index (χ0n) is 25.8. The molecule has 4 rings (SSSR count). The lowest BCUT2D eigenvalue weighted by molar-refractivity contribution is -0.139. The molecule has 0 saturated carbocycles. The van der Waals surface area contributed by atoms with Crippen molar-refractivity contribution in [1.29, 1.82) is 0 Å². The third-order valence-corrected chi connectivity index (χ3v) is 8.78. The van der Waals surface area contributed by atoms with E-state index in [9.17, 15) is 19.8 Å². The average Bonchev–Trinajstić information content (AvgIpc) is 3.02. The van der Waals surface area contributed by atoms with Gasteiger partial charge in [0.1, 0.15) is 11.5 Å². The Morgan fingerprint density at radius 1 is 0.581 bits per heavy atom. The number of carboxylic acid groups (broad SMARTS) is 2. The number of hydrogen-bond acceptors (Lipinski definition) is 4. The van der Waals surface area contributed by atoms with Crippen molar-refractivity contribution in [2.24, 2.45) is 0 Å². The molecule has 228 valence electrons. The summed E-state index contributed by atoms with van der Waals surface area (Å²) in [5.41, 5.74) is 4.06. The highest BCUT2D eigenvalue weighted by Gasteiger charge is 2.20. The predicted molar refractivity (Wildman–Crippen MR) is 173 cm³/mol. The second kappa shape index (κ2) is 14.9. The summed E-state index contributed by atoms with van der Waals surface area (Å²) in [7, 11) is 3.31. The van der Waals surface area contributed by atoms with Crippen LogP contribution in [0.3, 0.4) is 0 Å². The van der Waals surface area contributed by atoms with Crippen molar-refractivity contribution in [1.82, 2.24) is 0 Å². The normalized spacial score (nSPS) is 12.7. The first-order chi connectivity index (χ1) is 20.7. The third kappa shape index (κ3) is 7.67. The molecule has 0 aliphatic carbocycles. The van der Waals surface area contributed by atoms with Crippen molar-refractivity contribution in [3.63, 3.8) is 0 Å². The zero-order chi connectivity index (χ0) is 30.9. The molecule has 0 fully saturated rings. The predicted octanol–water partition coefficient (Wildman–Crippen LogP) is 8.90. The summed E-state index contributed by atoms with van der Waals surface area (Å²) in [5.74, 6) is -1.12. The van der Waals surface area contributed by atoms with Gasteiger partial charge < -0.3 is 19.7 Å². The number of methoxy groups -OCH3 is 2. The van der Waals surface area contributed by atoms with Crippen LogP contribution in [0.1, 0.15) is 92.9 Å². The number of rotatable bonds is 16. The van der Waals surface area contributed by atoms with Crippen LogP contribution in [0.5, 0.6) is 11.5 Å². The van der Waals surface area contributed by atoms with Gasteiger partial charge in [-0.1, -0.05) is 68.5 Å². The third-order valence-electron chi connectivity index (χ3n) is 8.78. The summed E-state index contributed by atoms with van der Waals surface area (Å²) >= 11 is 0. The van der Waals surface area contributed by atoms with E-state index in [-0.39, 0.29) is 0 Å². The molecule has 0 aliphatic heterocycles. The van der Waals surface area contributed by atoms with E-state index < -0.39 is 23.8 Å². The van der Waals surface area contributed by atoms with Gasteiger partial charge in [0.15, 0.2) is 0 Å². The number of hydrogen-bond donors (Lipinski definition) is 2. The quantitative estimate of drug-likeness (QED) is 0.128. The van der Waals surface area contributed by atoms with E-state index in [4.69, 9.17) is 9.47 Å². The molecule has 0 saturated heterocycles. The fourth-order valence-corrected chi connectivity index (χ4v) is 6.16. The Balaban J connectivity index is 1.31. The molecule has 43 heavy (non-hydrogen) atoms. The monoisotopic (exact) mass is 584 g/mol. The van der Waals surface area contributed by atoms with Gasteiger partial charge in [0.25, 0.3) is 0 Å². The number of ether oxygens (including phenoxy) is 2. The summed E-state index contributed by atoms with van der Waals surface area (Å²) in [6.45, 7) is 3.52. The molecular weight excluding hydrogens is 540 g/mol. The lowest BCUT2D eigenvalue weighted by Crippen LogP contribution is -2.10. The maximum atomic E-state index is 11.8. The lowest BCUT2D eigenvalue weighted by atomic mass is 9.88. The van der Waals surface area contributed by atoms with Gasteiger partial charge in [-0.25, -0.2) is 0 Å². The van der Waals surface area contributed by atoms with E-state index >= 15 is 0 Å². The molecule has 0 aromatic heterocycles. The minimum absolute atomic E-state index is 0.552. The van der Waals surface area contributed by atoms with Crippen LogP contribution in [0, 0.1) is 0 Å². The number of aliphatic carboxylic acids is 2. The van der Waals surface area contributed by atoms with Crippen LogP contribution in [0.15, 0.2) is 60.7 Å². The molecule has 0 spiro atoms. The van der Waals surface area contributed by atoms with Gasteiger partial charge in [-0.05, 0) is 108 Å². The fraction of sp³-hybridized carbons (Fsp3) is 0.405. The highest BCUT2D eigenvalue weighted by atomic mass is 16.5. The second-order valence-corrected chi connectivity index (χ2v) is 11.5. The molecule has 2 atom stereocenters. The van der Waals surface area contributed by atoms with Crippen molar-refractivity contribution in [3.05, 3.63) is 82.9 Å². The highest BCUT2D eigenvalue weighted by Crippen LogP contribution is 2.33. The summed E-state index contributed by atoms with van der Waals surface area (Å²) in [5, 5.41) is 23.7. The number of benzene rings is 4. The Hall–Kier alpha value is -4.06. The van der Waals surface area contributed by atoms with Gasteiger partial charge in [-0.15, -0.1) is 0 Å². The Bertz CT molecular complexity index is 1460. The standard InChI is InChI=1S/C37H44O6/c1-24(36(38)39)30-18-14-26-22-28(42-3)16-20-32(26)34(30)12-10-8-6-5-7-9-11-13-35-31(25(2)37(40)41)19-15-27-23-29(43-4)17-21-33(27)35/h14-25H,5-13H2,1-4H3,(H,38,39)(H,40,41)/t24-,25-/m0/s1. The molecule has 0 heterocycles. The van der Waals surface area contributed by atoms with Gasteiger partial charge in [-0.3, -0.25) is 9.59 Å². The average molecular weight is 585 g/mol. The van der Waals surface area contributed by atoms with E-state index in [0.717, 1.165) is 113 Å². The fourth-order valence-electron chi connectivity index (χ4n) is 6.16. The summed E-state index contributed by atoms with van der Waals surface area (Å²) in [6.07, 6.45) is 9.35. The first-order valence-electron chi connectivity index (χ1n) is 15.4. The number of aryl methyl sites for hydroxylation is 2. The summed E-state index contributed by atoms with van der Waals surface area (Å²) < 4.78 is 10.8. The SMILES string of the molecule is COc1ccc2c(CCCCCCCCCc3c([C@H](C)C(=O)O)ccc4cc(OC)ccc34)c([C@H](C)C(=O)O)ccc2c1. The van der Waals surface area contributed by atoms with Crippen molar-refractivity contribution >= 4 is 33.5 Å². The highest BCUT2D eigenvalue weighted by molar-refractivity contribution is 5.91. The van der Waals surface area contributed by atoms with Crippen molar-refractivity contribution in [2.75, 3.05) is 14.2 Å². The molecule has 2 N–H and O–H groups in total. The molecule has 6 nitrogen and oxygen atoms in total. The zero-order valence-corrected chi connectivity index (χ0v) is 25.8. The van der Waals surface area contributed by atoms with E-state index in [0.29, 0.717) is 0 Å². The van der Waals surface area contributed by atoms with Gasteiger partial charge >= 0.3 is 11.9 Å². The number of carbonyl (C=O) groups is 2. The number of fused-ring (bicyclic) bond motifs is 2. The molecule has 0 amide bonds. The van der Waals surface area contributed by atoms with E-state index in [1.165, 1.54) is 0 Å². The summed E-state index contributed by atoms with van der Waals surface area (Å²) in [6, 6.07) is 19.9. The van der Waals surface area contributed by atoms with Crippen LogP contribution in [-0.2, 0) is 22.4 Å². The molecule has 4 aromatic rings.